The second-order valence-electron chi connectivity index (χ2n) is 6.51. The zero-order valence-electron chi connectivity index (χ0n) is 16.7. The quantitative estimate of drug-likeness (QED) is 0.494. The monoisotopic (exact) mass is 412 g/mol. The second-order valence-corrected chi connectivity index (χ2v) is 6.51. The predicted octanol–water partition coefficient (Wildman–Crippen LogP) is 5.87. The standard InChI is InChI=1S/C23H22F2N2O3/c1-4-13-29-23(28)26-16-9-7-15(8-10-16)21-18(5-2)19-12-11-17(30-22(24)25)14-20(19)27(21)6-3/h2,7-12,14,22H,4,6,13H2,1,3H3,(H,26,28). The van der Waals surface area contributed by atoms with Gasteiger partial charge in [-0.15, -0.1) is 6.42 Å². The number of nitrogens with zero attached hydrogens (tertiary/aromatic N) is 1. The number of carbonyl (C=O) groups excluding carboxylic acids is 1. The lowest BCUT2D eigenvalue weighted by Gasteiger charge is -2.11. The van der Waals surface area contributed by atoms with Crippen LogP contribution in [0, 0.1) is 12.3 Å². The first-order chi connectivity index (χ1) is 14.5. The summed E-state index contributed by atoms with van der Waals surface area (Å²) < 4.78 is 36.7. The lowest BCUT2D eigenvalue weighted by molar-refractivity contribution is -0.0497. The Kier molecular flexibility index (Phi) is 6.58. The van der Waals surface area contributed by atoms with Crippen LogP contribution in [0.5, 0.6) is 5.75 Å². The number of ether oxygens (including phenoxy) is 2. The molecule has 1 amide bonds. The number of carbonyl (C=O) groups is 1. The summed E-state index contributed by atoms with van der Waals surface area (Å²) in [4.78, 5) is 11.7. The highest BCUT2D eigenvalue weighted by Gasteiger charge is 2.18. The molecule has 0 saturated heterocycles. The van der Waals surface area contributed by atoms with Gasteiger partial charge in [0.2, 0.25) is 0 Å². The van der Waals surface area contributed by atoms with Gasteiger partial charge in [-0.05, 0) is 43.2 Å². The van der Waals surface area contributed by atoms with E-state index in [9.17, 15) is 13.6 Å². The Morgan fingerprint density at radius 2 is 1.93 bits per heavy atom. The minimum Gasteiger partial charge on any atom is -0.449 e. The van der Waals surface area contributed by atoms with Gasteiger partial charge in [0.25, 0.3) is 0 Å². The predicted molar refractivity (Wildman–Crippen MR) is 113 cm³/mol. The molecule has 0 bridgehead atoms. The number of anilines is 1. The van der Waals surface area contributed by atoms with Crippen molar-refractivity contribution in [1.82, 2.24) is 4.57 Å². The van der Waals surface area contributed by atoms with E-state index in [4.69, 9.17) is 11.2 Å². The molecule has 0 spiro atoms. The Bertz CT molecular complexity index is 1080. The first-order valence-electron chi connectivity index (χ1n) is 9.60. The topological polar surface area (TPSA) is 52.5 Å². The van der Waals surface area contributed by atoms with Gasteiger partial charge in [-0.25, -0.2) is 4.79 Å². The minimum atomic E-state index is -2.90. The van der Waals surface area contributed by atoms with E-state index in [-0.39, 0.29) is 5.75 Å². The second kappa shape index (κ2) is 9.31. The molecular formula is C23H22F2N2O3. The molecule has 0 aliphatic carbocycles. The molecule has 30 heavy (non-hydrogen) atoms. The summed E-state index contributed by atoms with van der Waals surface area (Å²) in [6, 6.07) is 11.9. The van der Waals surface area contributed by atoms with Crippen molar-refractivity contribution >= 4 is 22.7 Å². The van der Waals surface area contributed by atoms with E-state index in [1.165, 1.54) is 6.07 Å². The molecule has 0 unspecified atom stereocenters. The van der Waals surface area contributed by atoms with Crippen LogP contribution in [0.3, 0.4) is 0 Å². The number of nitrogens with one attached hydrogen (secondary N) is 1. The van der Waals surface area contributed by atoms with Crippen molar-refractivity contribution in [3.63, 3.8) is 0 Å². The number of aromatic nitrogens is 1. The van der Waals surface area contributed by atoms with Crippen molar-refractivity contribution in [2.24, 2.45) is 0 Å². The number of alkyl halides is 2. The zero-order valence-corrected chi connectivity index (χ0v) is 16.7. The highest BCUT2D eigenvalue weighted by atomic mass is 19.3. The Hall–Kier alpha value is -3.53. The molecule has 0 atom stereocenters. The maximum Gasteiger partial charge on any atom is 0.411 e. The van der Waals surface area contributed by atoms with Crippen LogP contribution in [0.4, 0.5) is 19.3 Å². The summed E-state index contributed by atoms with van der Waals surface area (Å²) in [7, 11) is 0. The molecule has 0 aliphatic rings. The number of halogens is 2. The summed E-state index contributed by atoms with van der Waals surface area (Å²) in [5.41, 5.74) is 3.60. The number of hydrogen-bond donors (Lipinski definition) is 1. The van der Waals surface area contributed by atoms with Gasteiger partial charge in [0, 0.05) is 23.7 Å². The molecule has 1 N–H and O–H groups in total. The highest BCUT2D eigenvalue weighted by molar-refractivity contribution is 5.96. The maximum atomic E-state index is 12.6. The molecule has 1 heterocycles. The molecular weight excluding hydrogens is 390 g/mol. The average Bonchev–Trinajstić information content (AvgIpc) is 3.05. The van der Waals surface area contributed by atoms with Crippen molar-refractivity contribution in [2.45, 2.75) is 33.4 Å². The normalized spacial score (nSPS) is 10.8. The van der Waals surface area contributed by atoms with Crippen molar-refractivity contribution < 1.29 is 23.0 Å². The Morgan fingerprint density at radius 1 is 1.20 bits per heavy atom. The molecule has 3 aromatic rings. The van der Waals surface area contributed by atoms with Gasteiger partial charge in [-0.3, -0.25) is 5.32 Å². The fourth-order valence-electron chi connectivity index (χ4n) is 3.34. The smallest absolute Gasteiger partial charge is 0.411 e. The number of aryl methyl sites for hydroxylation is 1. The molecule has 7 heteroatoms. The summed E-state index contributed by atoms with van der Waals surface area (Å²) in [6.45, 7) is 1.89. The Morgan fingerprint density at radius 3 is 2.53 bits per heavy atom. The molecule has 1 aromatic heterocycles. The van der Waals surface area contributed by atoms with Crippen LogP contribution in [0.25, 0.3) is 22.2 Å². The van der Waals surface area contributed by atoms with Gasteiger partial charge in [0.1, 0.15) is 5.75 Å². The fraction of sp³-hybridized carbons (Fsp3) is 0.261. The number of benzene rings is 2. The van der Waals surface area contributed by atoms with E-state index in [1.807, 2.05) is 30.5 Å². The van der Waals surface area contributed by atoms with Crippen LogP contribution in [0.1, 0.15) is 25.8 Å². The first kappa shape index (κ1) is 21.2. The number of fused-ring (bicyclic) bond motifs is 1. The van der Waals surface area contributed by atoms with Gasteiger partial charge in [0.15, 0.2) is 0 Å². The number of hydrogen-bond acceptors (Lipinski definition) is 3. The van der Waals surface area contributed by atoms with Crippen LogP contribution in [0.15, 0.2) is 42.5 Å². The number of terminal acetylenes is 1. The highest BCUT2D eigenvalue weighted by Crippen LogP contribution is 2.36. The van der Waals surface area contributed by atoms with Gasteiger partial charge in [0.05, 0.1) is 23.4 Å². The summed E-state index contributed by atoms with van der Waals surface area (Å²) in [5, 5.41) is 3.45. The maximum absolute atomic E-state index is 12.6. The van der Waals surface area contributed by atoms with Gasteiger partial charge in [-0.1, -0.05) is 25.0 Å². The number of amides is 1. The van der Waals surface area contributed by atoms with Crippen LogP contribution in [0.2, 0.25) is 0 Å². The third-order valence-electron chi connectivity index (χ3n) is 4.56. The van der Waals surface area contributed by atoms with E-state index in [0.717, 1.165) is 23.1 Å². The number of rotatable bonds is 7. The summed E-state index contributed by atoms with van der Waals surface area (Å²) in [5.74, 6) is 2.80. The van der Waals surface area contributed by atoms with Gasteiger partial charge in [-0.2, -0.15) is 8.78 Å². The fourth-order valence-corrected chi connectivity index (χ4v) is 3.34. The van der Waals surface area contributed by atoms with E-state index < -0.39 is 12.7 Å². The first-order valence-corrected chi connectivity index (χ1v) is 9.60. The summed E-state index contributed by atoms with van der Waals surface area (Å²) in [6.07, 6.45) is 6.03. The Labute approximate surface area is 173 Å². The van der Waals surface area contributed by atoms with Crippen molar-refractivity contribution in [3.8, 4) is 29.4 Å². The molecule has 0 aliphatic heterocycles. The SMILES string of the molecule is C#Cc1c(-c2ccc(NC(=O)OCCC)cc2)n(CC)c2cc(OC(F)F)ccc12. The lowest BCUT2D eigenvalue weighted by Crippen LogP contribution is -2.13. The van der Waals surface area contributed by atoms with E-state index in [0.29, 0.717) is 29.9 Å². The minimum absolute atomic E-state index is 0.0740. The largest absolute Gasteiger partial charge is 0.449 e. The van der Waals surface area contributed by atoms with Crippen molar-refractivity contribution in [2.75, 3.05) is 11.9 Å². The lowest BCUT2D eigenvalue weighted by atomic mass is 10.1. The Balaban J connectivity index is 2.00. The van der Waals surface area contributed by atoms with Crippen molar-refractivity contribution in [3.05, 3.63) is 48.0 Å². The molecule has 5 nitrogen and oxygen atoms in total. The third-order valence-corrected chi connectivity index (χ3v) is 4.56. The molecule has 0 radical (unpaired) electrons. The van der Waals surface area contributed by atoms with Gasteiger partial charge >= 0.3 is 12.7 Å². The molecule has 0 fully saturated rings. The summed E-state index contributed by atoms with van der Waals surface area (Å²) >= 11 is 0. The van der Waals surface area contributed by atoms with E-state index >= 15 is 0 Å². The van der Waals surface area contributed by atoms with Crippen molar-refractivity contribution in [1.29, 1.82) is 0 Å². The molecule has 156 valence electrons. The van der Waals surface area contributed by atoms with E-state index in [2.05, 4.69) is 16.0 Å². The van der Waals surface area contributed by atoms with Gasteiger partial charge < -0.3 is 14.0 Å². The molecule has 3 rings (SSSR count). The van der Waals surface area contributed by atoms with Crippen LogP contribution < -0.4 is 10.1 Å². The van der Waals surface area contributed by atoms with Crippen LogP contribution in [-0.4, -0.2) is 23.9 Å². The molecule has 0 saturated carbocycles. The third kappa shape index (κ3) is 4.38. The van der Waals surface area contributed by atoms with Crippen LogP contribution >= 0.6 is 0 Å². The molecule has 2 aromatic carbocycles. The van der Waals surface area contributed by atoms with Crippen LogP contribution in [-0.2, 0) is 11.3 Å². The zero-order chi connectivity index (χ0) is 21.7. The average molecular weight is 412 g/mol. The van der Waals surface area contributed by atoms with E-state index in [1.54, 1.807) is 24.3 Å².